The first-order valence-corrected chi connectivity index (χ1v) is 10.7. The van der Waals surface area contributed by atoms with E-state index in [4.69, 9.17) is 6.42 Å². The zero-order valence-electron chi connectivity index (χ0n) is 17.6. The minimum atomic E-state index is -0.510. The summed E-state index contributed by atoms with van der Waals surface area (Å²) in [6.45, 7) is 2.69. The van der Waals surface area contributed by atoms with E-state index in [1.54, 1.807) is 6.20 Å². The van der Waals surface area contributed by atoms with Crippen molar-refractivity contribution in [3.8, 4) is 23.5 Å². The summed E-state index contributed by atoms with van der Waals surface area (Å²) < 4.78 is 0. The highest BCUT2D eigenvalue weighted by atomic mass is 16.2. The zero-order chi connectivity index (χ0) is 21.5. The van der Waals surface area contributed by atoms with Crippen LogP contribution in [0.15, 0.2) is 79.1 Å². The van der Waals surface area contributed by atoms with Gasteiger partial charge in [0.15, 0.2) is 0 Å². The van der Waals surface area contributed by atoms with Crippen LogP contribution in [0.3, 0.4) is 0 Å². The monoisotopic (exact) mass is 409 g/mol. The van der Waals surface area contributed by atoms with Gasteiger partial charge in [-0.1, -0.05) is 66.6 Å². The smallest absolute Gasteiger partial charge is 0.228 e. The summed E-state index contributed by atoms with van der Waals surface area (Å²) in [6, 6.07) is 22.7. The van der Waals surface area contributed by atoms with Crippen LogP contribution in [0.1, 0.15) is 17.5 Å². The minimum Gasteiger partial charge on any atom is -0.345 e. The van der Waals surface area contributed by atoms with Crippen molar-refractivity contribution in [1.82, 2.24) is 15.2 Å². The highest BCUT2D eigenvalue weighted by Gasteiger charge is 2.44. The van der Waals surface area contributed by atoms with Crippen LogP contribution >= 0.6 is 0 Å². The van der Waals surface area contributed by atoms with E-state index in [0.717, 1.165) is 36.2 Å². The fourth-order valence-electron chi connectivity index (χ4n) is 4.51. The van der Waals surface area contributed by atoms with Gasteiger partial charge in [0.05, 0.1) is 12.0 Å². The molecular weight excluding hydrogens is 382 g/mol. The van der Waals surface area contributed by atoms with E-state index < -0.39 is 5.41 Å². The average molecular weight is 410 g/mol. The lowest BCUT2D eigenvalue weighted by atomic mass is 9.78. The molecule has 31 heavy (non-hydrogen) atoms. The molecule has 2 aromatic carbocycles. The van der Waals surface area contributed by atoms with Crippen LogP contribution in [0.25, 0.3) is 11.1 Å². The molecule has 0 bridgehead atoms. The Balaban J connectivity index is 1.61. The summed E-state index contributed by atoms with van der Waals surface area (Å²) in [5.41, 5.74) is 4.10. The molecule has 0 saturated carbocycles. The van der Waals surface area contributed by atoms with Crippen molar-refractivity contribution in [3.05, 3.63) is 90.3 Å². The summed E-state index contributed by atoms with van der Waals surface area (Å²) in [6.07, 6.45) is 10.5. The minimum absolute atomic E-state index is 0.0435. The molecule has 1 aliphatic heterocycles. The number of amides is 1. The molecule has 2 heterocycles. The summed E-state index contributed by atoms with van der Waals surface area (Å²) >= 11 is 0. The SMILES string of the molecule is C#CCNC(=O)[C@@]1(Cc2ccccc2-c2cccnc2)CCN(Cc2ccccc2)C1. The lowest BCUT2D eigenvalue weighted by Gasteiger charge is -2.29. The van der Waals surface area contributed by atoms with Gasteiger partial charge in [0.2, 0.25) is 5.91 Å². The Morgan fingerprint density at radius 3 is 2.68 bits per heavy atom. The molecular formula is C27H27N3O. The largest absolute Gasteiger partial charge is 0.345 e. The third-order valence-corrected chi connectivity index (χ3v) is 6.03. The van der Waals surface area contributed by atoms with Crippen molar-refractivity contribution < 1.29 is 4.79 Å². The molecule has 1 amide bonds. The van der Waals surface area contributed by atoms with Crippen molar-refractivity contribution >= 4 is 5.91 Å². The predicted molar refractivity (Wildman–Crippen MR) is 124 cm³/mol. The van der Waals surface area contributed by atoms with Gasteiger partial charge in [-0.2, -0.15) is 0 Å². The third-order valence-electron chi connectivity index (χ3n) is 6.03. The molecule has 156 valence electrons. The summed E-state index contributed by atoms with van der Waals surface area (Å²) in [5.74, 6) is 2.58. The maximum atomic E-state index is 13.3. The van der Waals surface area contributed by atoms with Gasteiger partial charge < -0.3 is 5.32 Å². The lowest BCUT2D eigenvalue weighted by molar-refractivity contribution is -0.130. The Labute approximate surface area is 184 Å². The lowest BCUT2D eigenvalue weighted by Crippen LogP contribution is -2.44. The molecule has 1 saturated heterocycles. The van der Waals surface area contributed by atoms with Gasteiger partial charge in [-0.15, -0.1) is 6.42 Å². The summed E-state index contributed by atoms with van der Waals surface area (Å²) in [5, 5.41) is 2.96. The summed E-state index contributed by atoms with van der Waals surface area (Å²) in [7, 11) is 0. The fourth-order valence-corrected chi connectivity index (χ4v) is 4.51. The van der Waals surface area contributed by atoms with Crippen LogP contribution in [-0.4, -0.2) is 35.4 Å². The normalized spacial score (nSPS) is 18.4. The van der Waals surface area contributed by atoms with Crippen LogP contribution in [0.2, 0.25) is 0 Å². The number of nitrogens with one attached hydrogen (secondary N) is 1. The number of hydrogen-bond acceptors (Lipinski definition) is 3. The van der Waals surface area contributed by atoms with Gasteiger partial charge >= 0.3 is 0 Å². The van der Waals surface area contributed by atoms with Crippen LogP contribution < -0.4 is 5.32 Å². The second-order valence-corrected chi connectivity index (χ2v) is 8.19. The number of pyridine rings is 1. The first-order valence-electron chi connectivity index (χ1n) is 10.7. The molecule has 1 atom stereocenters. The number of carbonyl (C=O) groups is 1. The molecule has 0 spiro atoms. The van der Waals surface area contributed by atoms with Gasteiger partial charge in [0.25, 0.3) is 0 Å². The third kappa shape index (κ3) is 4.84. The molecule has 3 aromatic rings. The van der Waals surface area contributed by atoms with Crippen molar-refractivity contribution in [3.63, 3.8) is 0 Å². The van der Waals surface area contributed by atoms with Crippen molar-refractivity contribution in [2.75, 3.05) is 19.6 Å². The van der Waals surface area contributed by atoms with E-state index >= 15 is 0 Å². The number of terminal acetylenes is 1. The number of carbonyl (C=O) groups excluding carboxylic acids is 1. The molecule has 4 nitrogen and oxygen atoms in total. The van der Waals surface area contributed by atoms with E-state index in [1.165, 1.54) is 5.56 Å². The average Bonchev–Trinajstić information content (AvgIpc) is 3.22. The first-order chi connectivity index (χ1) is 15.2. The summed E-state index contributed by atoms with van der Waals surface area (Å²) in [4.78, 5) is 20.0. The number of benzene rings is 2. The Bertz CT molecular complexity index is 1060. The quantitative estimate of drug-likeness (QED) is 0.602. The number of likely N-dealkylation sites (tertiary alicyclic amines) is 1. The van der Waals surface area contributed by atoms with Crippen LogP contribution in [0.4, 0.5) is 0 Å². The number of nitrogens with zero attached hydrogens (tertiary/aromatic N) is 2. The van der Waals surface area contributed by atoms with E-state index in [2.05, 4.69) is 63.6 Å². The Kier molecular flexibility index (Phi) is 6.45. The fraction of sp³-hybridized carbons (Fsp3) is 0.259. The zero-order valence-corrected chi connectivity index (χ0v) is 17.6. The standard InChI is InChI=1S/C27H27N3O/c1-2-15-29-26(31)27(14-17-30(21-27)20-22-9-4-3-5-10-22)18-23-11-6-7-13-25(23)24-12-8-16-28-19-24/h1,3-13,16,19H,14-15,17-18,20-21H2,(H,29,31)/t27-/m1/s1. The van der Waals surface area contributed by atoms with Gasteiger partial charge in [-0.3, -0.25) is 14.7 Å². The highest BCUT2D eigenvalue weighted by molar-refractivity contribution is 5.84. The maximum absolute atomic E-state index is 13.3. The van der Waals surface area contributed by atoms with Crippen molar-refractivity contribution in [2.45, 2.75) is 19.4 Å². The van der Waals surface area contributed by atoms with E-state index in [1.807, 2.05) is 30.5 Å². The van der Waals surface area contributed by atoms with Gasteiger partial charge in [-0.05, 0) is 42.1 Å². The van der Waals surface area contributed by atoms with Gasteiger partial charge in [0.1, 0.15) is 0 Å². The van der Waals surface area contributed by atoms with Crippen molar-refractivity contribution in [1.29, 1.82) is 0 Å². The molecule has 0 aliphatic carbocycles. The van der Waals surface area contributed by atoms with Crippen LogP contribution in [-0.2, 0) is 17.8 Å². The highest BCUT2D eigenvalue weighted by Crippen LogP contribution is 2.38. The maximum Gasteiger partial charge on any atom is 0.228 e. The van der Waals surface area contributed by atoms with E-state index in [-0.39, 0.29) is 12.5 Å². The molecule has 1 aromatic heterocycles. The molecule has 4 rings (SSSR count). The van der Waals surface area contributed by atoms with Crippen molar-refractivity contribution in [2.24, 2.45) is 5.41 Å². The second kappa shape index (κ2) is 9.59. The van der Waals surface area contributed by atoms with E-state index in [9.17, 15) is 4.79 Å². The van der Waals surface area contributed by atoms with Gasteiger partial charge in [0, 0.05) is 31.0 Å². The molecule has 0 radical (unpaired) electrons. The Hall–Kier alpha value is -3.42. The predicted octanol–water partition coefficient (Wildman–Crippen LogP) is 3.93. The Morgan fingerprint density at radius 1 is 1.10 bits per heavy atom. The van der Waals surface area contributed by atoms with E-state index in [0.29, 0.717) is 13.0 Å². The molecule has 1 N–H and O–H groups in total. The topological polar surface area (TPSA) is 45.2 Å². The number of rotatable bonds is 7. The second-order valence-electron chi connectivity index (χ2n) is 8.19. The van der Waals surface area contributed by atoms with Crippen LogP contribution in [0, 0.1) is 17.8 Å². The number of hydrogen-bond donors (Lipinski definition) is 1. The molecule has 0 unspecified atom stereocenters. The molecule has 4 heteroatoms. The molecule has 1 aliphatic rings. The Morgan fingerprint density at radius 2 is 1.90 bits per heavy atom. The van der Waals surface area contributed by atoms with Gasteiger partial charge in [-0.25, -0.2) is 0 Å². The number of aromatic nitrogens is 1. The first kappa shape index (κ1) is 20.8. The molecule has 1 fully saturated rings. The van der Waals surface area contributed by atoms with Crippen LogP contribution in [0.5, 0.6) is 0 Å².